The Morgan fingerprint density at radius 3 is 2.64 bits per heavy atom. The standard InChI is InChI=1S/C19H17N3O6/c1-11(23)20-9-12-6-7-17(28-12)16(24)10-27-18(25)8-15-13-4-2-3-5-14(13)19(26)22-21-15/h2-7H,8-10H2,1H3,(H,20,23)(H,22,26). The minimum atomic E-state index is -0.664. The number of benzene rings is 1. The normalized spacial score (nSPS) is 10.6. The molecule has 2 aromatic heterocycles. The number of ketones is 1. The van der Waals surface area contributed by atoms with E-state index >= 15 is 0 Å². The summed E-state index contributed by atoms with van der Waals surface area (Å²) in [7, 11) is 0. The molecule has 0 aliphatic heterocycles. The smallest absolute Gasteiger partial charge is 0.312 e. The Morgan fingerprint density at radius 1 is 1.14 bits per heavy atom. The summed E-state index contributed by atoms with van der Waals surface area (Å²) in [5.41, 5.74) is -0.000905. The molecular weight excluding hydrogens is 366 g/mol. The Morgan fingerprint density at radius 2 is 1.89 bits per heavy atom. The van der Waals surface area contributed by atoms with Crippen LogP contribution in [-0.4, -0.2) is 34.5 Å². The maximum Gasteiger partial charge on any atom is 0.312 e. The number of amides is 1. The van der Waals surface area contributed by atoms with Gasteiger partial charge in [0.2, 0.25) is 11.7 Å². The first-order chi connectivity index (χ1) is 13.4. The summed E-state index contributed by atoms with van der Waals surface area (Å²) in [6, 6.07) is 9.76. The van der Waals surface area contributed by atoms with Crippen LogP contribution in [0.1, 0.15) is 28.9 Å². The van der Waals surface area contributed by atoms with Gasteiger partial charge < -0.3 is 14.5 Å². The number of furan rings is 1. The molecule has 0 atom stereocenters. The van der Waals surface area contributed by atoms with Crippen molar-refractivity contribution in [1.82, 2.24) is 15.5 Å². The van der Waals surface area contributed by atoms with Crippen molar-refractivity contribution in [1.29, 1.82) is 0 Å². The molecule has 144 valence electrons. The number of hydrogen-bond donors (Lipinski definition) is 2. The van der Waals surface area contributed by atoms with Gasteiger partial charge in [0.25, 0.3) is 5.56 Å². The minimum Gasteiger partial charge on any atom is -0.457 e. The van der Waals surface area contributed by atoms with Gasteiger partial charge in [-0.05, 0) is 18.2 Å². The number of carbonyl (C=O) groups excluding carboxylic acids is 3. The highest BCUT2D eigenvalue weighted by Crippen LogP contribution is 2.13. The molecule has 0 saturated carbocycles. The predicted octanol–water partition coefficient (Wildman–Crippen LogP) is 1.12. The van der Waals surface area contributed by atoms with Crippen LogP contribution in [-0.2, 0) is 27.3 Å². The monoisotopic (exact) mass is 383 g/mol. The maximum atomic E-state index is 12.1. The molecule has 1 aromatic carbocycles. The number of rotatable bonds is 7. The Bertz CT molecular complexity index is 1100. The van der Waals surface area contributed by atoms with Crippen molar-refractivity contribution in [3.8, 4) is 0 Å². The van der Waals surface area contributed by atoms with E-state index in [1.54, 1.807) is 30.3 Å². The molecule has 0 fully saturated rings. The first kappa shape index (κ1) is 19.0. The number of fused-ring (bicyclic) bond motifs is 1. The lowest BCUT2D eigenvalue weighted by Gasteiger charge is -2.05. The van der Waals surface area contributed by atoms with Crippen LogP contribution in [0.4, 0.5) is 0 Å². The predicted molar refractivity (Wildman–Crippen MR) is 97.6 cm³/mol. The van der Waals surface area contributed by atoms with E-state index in [0.29, 0.717) is 22.2 Å². The van der Waals surface area contributed by atoms with Crippen molar-refractivity contribution in [2.24, 2.45) is 0 Å². The number of ether oxygens (including phenoxy) is 1. The second-order valence-electron chi connectivity index (χ2n) is 5.98. The van der Waals surface area contributed by atoms with Gasteiger partial charge in [-0.2, -0.15) is 5.10 Å². The third-order valence-electron chi connectivity index (χ3n) is 3.90. The third kappa shape index (κ3) is 4.50. The van der Waals surface area contributed by atoms with E-state index in [1.165, 1.54) is 13.0 Å². The average Bonchev–Trinajstić information content (AvgIpc) is 3.16. The number of aromatic amines is 1. The second kappa shape index (κ2) is 8.30. The highest BCUT2D eigenvalue weighted by Gasteiger charge is 2.16. The van der Waals surface area contributed by atoms with Crippen LogP contribution in [0.3, 0.4) is 0 Å². The first-order valence-electron chi connectivity index (χ1n) is 8.42. The number of nitrogens with zero attached hydrogens (tertiary/aromatic N) is 1. The summed E-state index contributed by atoms with van der Waals surface area (Å²) < 4.78 is 10.3. The fourth-order valence-electron chi connectivity index (χ4n) is 2.55. The molecule has 2 N–H and O–H groups in total. The molecule has 3 rings (SSSR count). The number of aromatic nitrogens is 2. The summed E-state index contributed by atoms with van der Waals surface area (Å²) in [6.07, 6.45) is -0.198. The van der Waals surface area contributed by atoms with E-state index in [9.17, 15) is 19.2 Å². The molecule has 0 aliphatic rings. The van der Waals surface area contributed by atoms with Crippen LogP contribution in [0, 0.1) is 0 Å². The Hall–Kier alpha value is -3.75. The lowest BCUT2D eigenvalue weighted by molar-refractivity contribution is -0.141. The lowest BCUT2D eigenvalue weighted by atomic mass is 10.1. The van der Waals surface area contributed by atoms with Crippen LogP contribution in [0.5, 0.6) is 0 Å². The van der Waals surface area contributed by atoms with Gasteiger partial charge in [0.15, 0.2) is 12.4 Å². The van der Waals surface area contributed by atoms with Crippen molar-refractivity contribution >= 4 is 28.4 Å². The van der Waals surface area contributed by atoms with E-state index in [-0.39, 0.29) is 30.2 Å². The summed E-state index contributed by atoms with van der Waals surface area (Å²) in [4.78, 5) is 46.8. The van der Waals surface area contributed by atoms with Crippen molar-refractivity contribution in [2.75, 3.05) is 6.61 Å². The van der Waals surface area contributed by atoms with Crippen LogP contribution < -0.4 is 10.9 Å². The first-order valence-corrected chi connectivity index (χ1v) is 8.42. The molecule has 0 bridgehead atoms. The molecule has 0 aliphatic carbocycles. The molecule has 1 amide bonds. The molecule has 0 spiro atoms. The van der Waals surface area contributed by atoms with E-state index in [4.69, 9.17) is 9.15 Å². The number of carbonyl (C=O) groups is 3. The topological polar surface area (TPSA) is 131 Å². The fourth-order valence-corrected chi connectivity index (χ4v) is 2.55. The zero-order valence-corrected chi connectivity index (χ0v) is 15.0. The van der Waals surface area contributed by atoms with Crippen LogP contribution in [0.2, 0.25) is 0 Å². The summed E-state index contributed by atoms with van der Waals surface area (Å²) in [6.45, 7) is 1.04. The molecule has 2 heterocycles. The molecule has 28 heavy (non-hydrogen) atoms. The van der Waals surface area contributed by atoms with Gasteiger partial charge in [-0.15, -0.1) is 0 Å². The Kier molecular flexibility index (Phi) is 5.64. The number of hydrogen-bond acceptors (Lipinski definition) is 7. The number of Topliss-reactive ketones (excluding diaryl/α,β-unsaturated/α-hetero) is 1. The molecule has 0 unspecified atom stereocenters. The van der Waals surface area contributed by atoms with Crippen molar-refractivity contribution in [3.05, 3.63) is 64.0 Å². The van der Waals surface area contributed by atoms with Gasteiger partial charge in [-0.1, -0.05) is 18.2 Å². The third-order valence-corrected chi connectivity index (χ3v) is 3.90. The van der Waals surface area contributed by atoms with E-state index in [0.717, 1.165) is 0 Å². The number of H-pyrrole nitrogens is 1. The lowest BCUT2D eigenvalue weighted by Crippen LogP contribution is -2.19. The number of esters is 1. The minimum absolute atomic E-state index is 0.0285. The van der Waals surface area contributed by atoms with E-state index < -0.39 is 18.4 Å². The largest absolute Gasteiger partial charge is 0.457 e. The molecule has 9 heteroatoms. The molecule has 0 saturated heterocycles. The van der Waals surface area contributed by atoms with Crippen LogP contribution >= 0.6 is 0 Å². The van der Waals surface area contributed by atoms with E-state index in [2.05, 4.69) is 15.5 Å². The summed E-state index contributed by atoms with van der Waals surface area (Å²) in [5, 5.41) is 9.74. The quantitative estimate of drug-likeness (QED) is 0.462. The SMILES string of the molecule is CC(=O)NCc1ccc(C(=O)COC(=O)Cc2n[nH]c(=O)c3ccccc23)o1. The fraction of sp³-hybridized carbons (Fsp3) is 0.211. The second-order valence-corrected chi connectivity index (χ2v) is 5.98. The van der Waals surface area contributed by atoms with Gasteiger partial charge in [0.05, 0.1) is 24.0 Å². The van der Waals surface area contributed by atoms with Gasteiger partial charge in [0.1, 0.15) is 5.76 Å². The molecule has 3 aromatic rings. The maximum absolute atomic E-state index is 12.1. The van der Waals surface area contributed by atoms with Crippen LogP contribution in [0.15, 0.2) is 45.6 Å². The summed E-state index contributed by atoms with van der Waals surface area (Å²) in [5.74, 6) is -0.957. The van der Waals surface area contributed by atoms with Gasteiger partial charge >= 0.3 is 5.97 Å². The van der Waals surface area contributed by atoms with Crippen LogP contribution in [0.25, 0.3) is 10.8 Å². The van der Waals surface area contributed by atoms with E-state index in [1.807, 2.05) is 0 Å². The average molecular weight is 383 g/mol. The summed E-state index contributed by atoms with van der Waals surface area (Å²) >= 11 is 0. The van der Waals surface area contributed by atoms with Gasteiger partial charge in [0, 0.05) is 12.3 Å². The van der Waals surface area contributed by atoms with Gasteiger partial charge in [-0.25, -0.2) is 5.10 Å². The molecule has 0 radical (unpaired) electrons. The Labute approximate surface area is 158 Å². The van der Waals surface area contributed by atoms with Gasteiger partial charge in [-0.3, -0.25) is 19.2 Å². The zero-order valence-electron chi connectivity index (χ0n) is 15.0. The number of nitrogens with one attached hydrogen (secondary N) is 2. The highest BCUT2D eigenvalue weighted by atomic mass is 16.5. The zero-order chi connectivity index (χ0) is 20.1. The van der Waals surface area contributed by atoms with Crippen molar-refractivity contribution in [3.63, 3.8) is 0 Å². The van der Waals surface area contributed by atoms with Crippen molar-refractivity contribution < 1.29 is 23.5 Å². The van der Waals surface area contributed by atoms with Crippen molar-refractivity contribution in [2.45, 2.75) is 19.9 Å². The molecular formula is C19H17N3O6. The molecule has 9 nitrogen and oxygen atoms in total. The Balaban J connectivity index is 1.59. The highest BCUT2D eigenvalue weighted by molar-refractivity contribution is 5.96.